The van der Waals surface area contributed by atoms with Gasteiger partial charge in [0, 0.05) is 0 Å². The summed E-state index contributed by atoms with van der Waals surface area (Å²) in [6, 6.07) is 4.27. The predicted molar refractivity (Wildman–Crippen MR) is 62.5 cm³/mol. The second-order valence-corrected chi connectivity index (χ2v) is 3.82. The van der Waals surface area contributed by atoms with Gasteiger partial charge in [-0.15, -0.1) is 5.10 Å². The first-order valence-electron chi connectivity index (χ1n) is 5.49. The fourth-order valence-electron chi connectivity index (χ4n) is 1.35. The van der Waals surface area contributed by atoms with Crippen LogP contribution in [0.4, 0.5) is 6.01 Å². The summed E-state index contributed by atoms with van der Waals surface area (Å²) in [5, 5.41) is 13.9. The Morgan fingerprint density at radius 2 is 2.12 bits per heavy atom. The fourth-order valence-corrected chi connectivity index (χ4v) is 1.35. The van der Waals surface area contributed by atoms with Crippen molar-refractivity contribution in [2.24, 2.45) is 0 Å². The minimum atomic E-state index is 0.0453. The summed E-state index contributed by atoms with van der Waals surface area (Å²) < 4.78 is 10.8. The highest BCUT2D eigenvalue weighted by atomic mass is 16.4. The van der Waals surface area contributed by atoms with Crippen LogP contribution in [-0.2, 0) is 6.54 Å². The molecule has 2 rings (SSSR count). The Labute approximate surface area is 99.4 Å². The molecule has 0 saturated heterocycles. The lowest BCUT2D eigenvalue weighted by atomic mass is 10.3. The van der Waals surface area contributed by atoms with E-state index < -0.39 is 0 Å². The van der Waals surface area contributed by atoms with Gasteiger partial charge in [0.05, 0.1) is 12.6 Å². The molecule has 1 atom stereocenters. The molecule has 0 amide bonds. The van der Waals surface area contributed by atoms with Crippen molar-refractivity contribution in [1.29, 1.82) is 0 Å². The Kier molecular flexibility index (Phi) is 3.43. The Bertz CT molecular complexity index is 477. The van der Waals surface area contributed by atoms with Crippen molar-refractivity contribution in [3.63, 3.8) is 0 Å². The summed E-state index contributed by atoms with van der Waals surface area (Å²) in [5.74, 6) is 2.28. The van der Waals surface area contributed by atoms with Crippen LogP contribution in [0, 0.1) is 6.92 Å². The Morgan fingerprint density at radius 1 is 1.29 bits per heavy atom. The summed E-state index contributed by atoms with van der Waals surface area (Å²) >= 11 is 0. The maximum atomic E-state index is 5.43. The normalized spacial score (nSPS) is 12.6. The molecule has 0 fully saturated rings. The lowest BCUT2D eigenvalue weighted by Gasteiger charge is -2.02. The number of furan rings is 1. The van der Waals surface area contributed by atoms with Crippen molar-refractivity contribution in [2.45, 2.75) is 26.4 Å². The van der Waals surface area contributed by atoms with E-state index in [2.05, 4.69) is 20.8 Å². The van der Waals surface area contributed by atoms with Gasteiger partial charge in [-0.3, -0.25) is 0 Å². The highest BCUT2D eigenvalue weighted by Crippen LogP contribution is 2.14. The molecule has 2 aromatic heterocycles. The third kappa shape index (κ3) is 2.85. The summed E-state index contributed by atoms with van der Waals surface area (Å²) in [6.07, 6.45) is 0. The van der Waals surface area contributed by atoms with Gasteiger partial charge in [0.25, 0.3) is 0 Å². The molecule has 0 spiro atoms. The average molecular weight is 236 g/mol. The van der Waals surface area contributed by atoms with Crippen LogP contribution in [0.25, 0.3) is 0 Å². The first-order valence-corrected chi connectivity index (χ1v) is 5.49. The third-order valence-electron chi connectivity index (χ3n) is 2.45. The highest BCUT2D eigenvalue weighted by molar-refractivity contribution is 5.20. The van der Waals surface area contributed by atoms with Crippen LogP contribution >= 0.6 is 0 Å². The number of aryl methyl sites for hydroxylation is 1. The first-order chi connectivity index (χ1) is 8.19. The molecular weight excluding hydrogens is 220 g/mol. The van der Waals surface area contributed by atoms with Crippen molar-refractivity contribution >= 4 is 6.01 Å². The lowest BCUT2D eigenvalue weighted by Crippen LogP contribution is -2.12. The number of nitrogens with zero attached hydrogens (tertiary/aromatic N) is 2. The SMILES string of the molecule is CNC(C)c1nnc(NCc2ccc(C)o2)o1. The molecule has 0 aliphatic carbocycles. The molecule has 0 aliphatic heterocycles. The predicted octanol–water partition coefficient (Wildman–Crippen LogP) is 1.86. The van der Waals surface area contributed by atoms with Crippen molar-refractivity contribution in [1.82, 2.24) is 15.5 Å². The zero-order valence-electron chi connectivity index (χ0n) is 10.2. The zero-order valence-corrected chi connectivity index (χ0v) is 10.2. The molecule has 0 bridgehead atoms. The van der Waals surface area contributed by atoms with Crippen molar-refractivity contribution < 1.29 is 8.83 Å². The van der Waals surface area contributed by atoms with Gasteiger partial charge < -0.3 is 19.5 Å². The average Bonchev–Trinajstić information content (AvgIpc) is 2.94. The number of hydrogen-bond donors (Lipinski definition) is 2. The maximum Gasteiger partial charge on any atom is 0.315 e. The van der Waals surface area contributed by atoms with E-state index in [1.54, 1.807) is 0 Å². The lowest BCUT2D eigenvalue weighted by molar-refractivity contribution is 0.437. The Morgan fingerprint density at radius 3 is 2.76 bits per heavy atom. The van der Waals surface area contributed by atoms with Gasteiger partial charge in [-0.2, -0.15) is 0 Å². The van der Waals surface area contributed by atoms with Crippen LogP contribution in [0.15, 0.2) is 21.0 Å². The number of rotatable bonds is 5. The molecule has 6 heteroatoms. The van der Waals surface area contributed by atoms with E-state index in [9.17, 15) is 0 Å². The van der Waals surface area contributed by atoms with Crippen LogP contribution in [0.1, 0.15) is 30.4 Å². The van der Waals surface area contributed by atoms with Crippen LogP contribution in [-0.4, -0.2) is 17.2 Å². The smallest absolute Gasteiger partial charge is 0.315 e. The Hall–Kier alpha value is -1.82. The van der Waals surface area contributed by atoms with Crippen molar-refractivity contribution in [2.75, 3.05) is 12.4 Å². The van der Waals surface area contributed by atoms with E-state index >= 15 is 0 Å². The molecule has 0 radical (unpaired) electrons. The highest BCUT2D eigenvalue weighted by Gasteiger charge is 2.11. The second-order valence-electron chi connectivity index (χ2n) is 3.82. The summed E-state index contributed by atoms with van der Waals surface area (Å²) in [6.45, 7) is 4.39. The molecule has 17 heavy (non-hydrogen) atoms. The van der Waals surface area contributed by atoms with E-state index in [0.717, 1.165) is 11.5 Å². The molecule has 0 aliphatic rings. The summed E-state index contributed by atoms with van der Waals surface area (Å²) in [5.41, 5.74) is 0. The minimum Gasteiger partial charge on any atom is -0.465 e. The number of nitrogens with one attached hydrogen (secondary N) is 2. The van der Waals surface area contributed by atoms with Gasteiger partial charge in [-0.25, -0.2) is 0 Å². The Balaban J connectivity index is 1.93. The van der Waals surface area contributed by atoms with Crippen LogP contribution in [0.2, 0.25) is 0 Å². The summed E-state index contributed by atoms with van der Waals surface area (Å²) in [7, 11) is 1.84. The molecular formula is C11H16N4O2. The van der Waals surface area contributed by atoms with Crippen molar-refractivity contribution in [3.05, 3.63) is 29.5 Å². The van der Waals surface area contributed by atoms with Crippen LogP contribution in [0.5, 0.6) is 0 Å². The van der Waals surface area contributed by atoms with E-state index in [1.807, 2.05) is 33.0 Å². The van der Waals surface area contributed by atoms with Crippen molar-refractivity contribution in [3.8, 4) is 0 Å². The first kappa shape index (κ1) is 11.7. The van der Waals surface area contributed by atoms with Gasteiger partial charge in [-0.05, 0) is 33.0 Å². The van der Waals surface area contributed by atoms with E-state index in [4.69, 9.17) is 8.83 Å². The molecule has 6 nitrogen and oxygen atoms in total. The molecule has 92 valence electrons. The summed E-state index contributed by atoms with van der Waals surface area (Å²) in [4.78, 5) is 0. The standard InChI is InChI=1S/C11H16N4O2/c1-7-4-5-9(16-7)6-13-11-15-14-10(17-11)8(2)12-3/h4-5,8,12H,6H2,1-3H3,(H,13,15). The molecule has 0 aromatic carbocycles. The molecule has 0 saturated carbocycles. The largest absolute Gasteiger partial charge is 0.465 e. The monoisotopic (exact) mass is 236 g/mol. The number of anilines is 1. The topological polar surface area (TPSA) is 76.1 Å². The van der Waals surface area contributed by atoms with E-state index in [1.165, 1.54) is 0 Å². The third-order valence-corrected chi connectivity index (χ3v) is 2.45. The minimum absolute atomic E-state index is 0.0453. The second kappa shape index (κ2) is 5.01. The number of hydrogen-bond acceptors (Lipinski definition) is 6. The van der Waals surface area contributed by atoms with E-state index in [0.29, 0.717) is 18.5 Å². The zero-order chi connectivity index (χ0) is 12.3. The van der Waals surface area contributed by atoms with Gasteiger partial charge in [-0.1, -0.05) is 5.10 Å². The van der Waals surface area contributed by atoms with E-state index in [-0.39, 0.29) is 6.04 Å². The molecule has 2 N–H and O–H groups in total. The molecule has 2 aromatic rings. The van der Waals surface area contributed by atoms with Gasteiger partial charge >= 0.3 is 6.01 Å². The quantitative estimate of drug-likeness (QED) is 0.825. The number of aromatic nitrogens is 2. The maximum absolute atomic E-state index is 5.43. The van der Waals surface area contributed by atoms with Gasteiger partial charge in [0.1, 0.15) is 11.5 Å². The van der Waals surface area contributed by atoms with Crippen LogP contribution in [0.3, 0.4) is 0 Å². The fraction of sp³-hybridized carbons (Fsp3) is 0.455. The molecule has 2 heterocycles. The van der Waals surface area contributed by atoms with Crippen LogP contribution < -0.4 is 10.6 Å². The van der Waals surface area contributed by atoms with Gasteiger partial charge in [0.15, 0.2) is 0 Å². The van der Waals surface area contributed by atoms with Gasteiger partial charge in [0.2, 0.25) is 5.89 Å². The molecule has 1 unspecified atom stereocenters.